The molecule has 3 atom stereocenters. The number of carbonyl (C=O) groups excluding carboxylic acids is 2. The van der Waals surface area contributed by atoms with Crippen LogP contribution >= 0.6 is 0 Å². The third-order valence-electron chi connectivity index (χ3n) is 7.45. The Bertz CT molecular complexity index is 1320. The first kappa shape index (κ1) is 29.8. The smallest absolute Gasteiger partial charge is 0.251 e. The molecule has 2 N–H and O–H groups in total. The van der Waals surface area contributed by atoms with Gasteiger partial charge in [0.2, 0.25) is 5.91 Å². The van der Waals surface area contributed by atoms with Crippen LogP contribution in [0.25, 0.3) is 0 Å². The minimum atomic E-state index is -3.75. The maximum absolute atomic E-state index is 13.3. The van der Waals surface area contributed by atoms with E-state index in [9.17, 15) is 22.4 Å². The normalized spacial score (nSPS) is 21.4. The van der Waals surface area contributed by atoms with Gasteiger partial charge in [-0.15, -0.1) is 0 Å². The van der Waals surface area contributed by atoms with Gasteiger partial charge in [-0.05, 0) is 49.2 Å². The van der Waals surface area contributed by atoms with Crippen LogP contribution in [-0.2, 0) is 19.4 Å². The van der Waals surface area contributed by atoms with Crippen LogP contribution in [0.3, 0.4) is 0 Å². The fourth-order valence-electron chi connectivity index (χ4n) is 4.97. The van der Waals surface area contributed by atoms with Gasteiger partial charge in [-0.1, -0.05) is 6.07 Å². The molecule has 10 nitrogen and oxygen atoms in total. The monoisotopic (exact) mass is 577 g/mol. The maximum Gasteiger partial charge on any atom is 0.251 e. The average Bonchev–Trinajstić information content (AvgIpc) is 3.62. The molecule has 1 saturated carbocycles. The summed E-state index contributed by atoms with van der Waals surface area (Å²) in [7, 11) is -0.568. The number of nitrogens with one attached hydrogen (secondary N) is 2. The van der Waals surface area contributed by atoms with E-state index in [1.807, 2.05) is 25.1 Å². The molecule has 2 fully saturated rings. The number of sulfone groups is 1. The Morgan fingerprint density at radius 1 is 1.12 bits per heavy atom. The molecular formula is C28H36FN3O7S. The number of halogens is 1. The van der Waals surface area contributed by atoms with Crippen molar-refractivity contribution in [3.05, 3.63) is 59.4 Å². The number of ether oxygens (including phenoxy) is 3. The van der Waals surface area contributed by atoms with Crippen LogP contribution in [0, 0.1) is 5.82 Å². The molecule has 1 aliphatic heterocycles. The lowest BCUT2D eigenvalue weighted by atomic mass is 10.1. The summed E-state index contributed by atoms with van der Waals surface area (Å²) in [6.45, 7) is 3.48. The number of benzene rings is 2. The van der Waals surface area contributed by atoms with Crippen LogP contribution in [0.5, 0.6) is 11.5 Å². The quantitative estimate of drug-likeness (QED) is 0.391. The molecule has 1 saturated heterocycles. The summed E-state index contributed by atoms with van der Waals surface area (Å²) >= 11 is 0. The van der Waals surface area contributed by atoms with Gasteiger partial charge in [0, 0.05) is 42.7 Å². The Labute approximate surface area is 234 Å². The second kappa shape index (κ2) is 12.5. The molecule has 2 aliphatic rings. The number of carbonyl (C=O) groups is 2. The first-order chi connectivity index (χ1) is 19.0. The molecule has 1 aliphatic carbocycles. The second-order valence-corrected chi connectivity index (χ2v) is 12.5. The fraction of sp³-hybridized carbons (Fsp3) is 0.500. The molecule has 1 unspecified atom stereocenters. The van der Waals surface area contributed by atoms with Crippen molar-refractivity contribution in [3.8, 4) is 11.5 Å². The van der Waals surface area contributed by atoms with Crippen molar-refractivity contribution in [1.29, 1.82) is 0 Å². The van der Waals surface area contributed by atoms with E-state index >= 15 is 0 Å². The highest BCUT2D eigenvalue weighted by molar-refractivity contribution is 7.91. The van der Waals surface area contributed by atoms with Crippen molar-refractivity contribution >= 4 is 21.7 Å². The summed E-state index contributed by atoms with van der Waals surface area (Å²) in [5.74, 6) is -0.874. The molecule has 2 amide bonds. The van der Waals surface area contributed by atoms with E-state index in [-0.39, 0.29) is 29.3 Å². The zero-order valence-corrected chi connectivity index (χ0v) is 23.8. The Kier molecular flexibility index (Phi) is 9.32. The van der Waals surface area contributed by atoms with Crippen molar-refractivity contribution in [2.24, 2.45) is 0 Å². The average molecular weight is 578 g/mol. The number of morpholine rings is 1. The van der Waals surface area contributed by atoms with Gasteiger partial charge in [0.05, 0.1) is 38.9 Å². The predicted octanol–water partition coefficient (Wildman–Crippen LogP) is 1.75. The van der Waals surface area contributed by atoms with E-state index in [0.717, 1.165) is 24.1 Å². The largest absolute Gasteiger partial charge is 0.497 e. The van der Waals surface area contributed by atoms with Crippen LogP contribution in [0.1, 0.15) is 35.2 Å². The third-order valence-corrected chi connectivity index (χ3v) is 9.12. The Morgan fingerprint density at radius 2 is 1.82 bits per heavy atom. The highest BCUT2D eigenvalue weighted by Gasteiger charge is 2.51. The molecule has 0 radical (unpaired) electrons. The van der Waals surface area contributed by atoms with Crippen molar-refractivity contribution in [1.82, 2.24) is 15.5 Å². The number of hydrogen-bond donors (Lipinski definition) is 2. The molecule has 0 bridgehead atoms. The fourth-order valence-corrected chi connectivity index (χ4v) is 6.28. The molecule has 0 spiro atoms. The lowest BCUT2D eigenvalue weighted by Gasteiger charge is -2.30. The van der Waals surface area contributed by atoms with E-state index in [2.05, 4.69) is 10.6 Å². The highest BCUT2D eigenvalue weighted by Crippen LogP contribution is 2.53. The van der Waals surface area contributed by atoms with Crippen LogP contribution in [0.4, 0.5) is 4.39 Å². The standard InChI is InChI=1S/C28H36FN3O7S/c1-28(17-23(28)22-9-8-21(37-2)16-25(22)38-3)30-10-15-40(35,36)18-24(27(34)32-11-13-39-14-12-32)31-26(33)19-4-6-20(29)7-5-19/h4-9,16,23-24,30H,10-15,17-18H2,1-3H3,(H,31,33)/t23?,24-,28-/m1/s1. The molecule has 40 heavy (non-hydrogen) atoms. The molecule has 12 heteroatoms. The van der Waals surface area contributed by atoms with E-state index in [1.54, 1.807) is 14.2 Å². The Morgan fingerprint density at radius 3 is 2.48 bits per heavy atom. The summed E-state index contributed by atoms with van der Waals surface area (Å²) in [5, 5.41) is 5.91. The lowest BCUT2D eigenvalue weighted by molar-refractivity contribution is -0.136. The zero-order chi connectivity index (χ0) is 28.9. The number of hydrogen-bond acceptors (Lipinski definition) is 8. The minimum Gasteiger partial charge on any atom is -0.497 e. The lowest BCUT2D eigenvalue weighted by Crippen LogP contribution is -2.54. The van der Waals surface area contributed by atoms with Crippen LogP contribution < -0.4 is 20.1 Å². The van der Waals surface area contributed by atoms with Gasteiger partial charge in [-0.2, -0.15) is 0 Å². The molecular weight excluding hydrogens is 541 g/mol. The molecule has 2 aromatic rings. The van der Waals surface area contributed by atoms with E-state index in [4.69, 9.17) is 14.2 Å². The first-order valence-electron chi connectivity index (χ1n) is 13.2. The third kappa shape index (κ3) is 7.29. The van der Waals surface area contributed by atoms with Crippen molar-refractivity contribution in [2.75, 3.05) is 58.6 Å². The van der Waals surface area contributed by atoms with Gasteiger partial charge in [-0.3, -0.25) is 9.59 Å². The number of amides is 2. The molecule has 4 rings (SSSR count). The zero-order valence-electron chi connectivity index (χ0n) is 22.9. The number of methoxy groups -OCH3 is 2. The maximum atomic E-state index is 13.3. The molecule has 2 aromatic carbocycles. The second-order valence-electron chi connectivity index (χ2n) is 10.3. The van der Waals surface area contributed by atoms with E-state index in [1.165, 1.54) is 17.0 Å². The summed E-state index contributed by atoms with van der Waals surface area (Å²) in [5.41, 5.74) is 0.833. The van der Waals surface area contributed by atoms with Gasteiger partial charge in [-0.25, -0.2) is 12.8 Å². The summed E-state index contributed by atoms with van der Waals surface area (Å²) < 4.78 is 55.7. The van der Waals surface area contributed by atoms with E-state index in [0.29, 0.717) is 37.8 Å². The highest BCUT2D eigenvalue weighted by atomic mass is 32.2. The molecule has 0 aromatic heterocycles. The summed E-state index contributed by atoms with van der Waals surface area (Å²) in [4.78, 5) is 27.5. The topological polar surface area (TPSA) is 123 Å². The Balaban J connectivity index is 1.39. The molecule has 218 valence electrons. The summed E-state index contributed by atoms with van der Waals surface area (Å²) in [6.07, 6.45) is 0.807. The Hall–Kier alpha value is -3.22. The summed E-state index contributed by atoms with van der Waals surface area (Å²) in [6, 6.07) is 9.18. The van der Waals surface area contributed by atoms with Gasteiger partial charge in [0.25, 0.3) is 5.91 Å². The molecule has 1 heterocycles. The van der Waals surface area contributed by atoms with Crippen LogP contribution in [0.2, 0.25) is 0 Å². The number of nitrogens with zero attached hydrogens (tertiary/aromatic N) is 1. The first-order valence-corrected chi connectivity index (χ1v) is 15.0. The van der Waals surface area contributed by atoms with Crippen molar-refractivity contribution in [2.45, 2.75) is 30.8 Å². The van der Waals surface area contributed by atoms with Gasteiger partial charge in [0.1, 0.15) is 23.4 Å². The van der Waals surface area contributed by atoms with Gasteiger partial charge in [0.15, 0.2) is 9.84 Å². The van der Waals surface area contributed by atoms with Crippen LogP contribution in [-0.4, -0.2) is 95.3 Å². The minimum absolute atomic E-state index is 0.127. The van der Waals surface area contributed by atoms with Crippen molar-refractivity contribution < 1.29 is 36.6 Å². The SMILES string of the molecule is COc1ccc(C2C[C@@]2(C)NCCS(=O)(=O)C[C@@H](NC(=O)c2ccc(F)cc2)C(=O)N2CCOCC2)c(OC)c1. The number of rotatable bonds is 12. The van der Waals surface area contributed by atoms with Gasteiger partial charge < -0.3 is 29.7 Å². The van der Waals surface area contributed by atoms with Crippen molar-refractivity contribution in [3.63, 3.8) is 0 Å². The predicted molar refractivity (Wildman–Crippen MR) is 147 cm³/mol. The van der Waals surface area contributed by atoms with Crippen LogP contribution in [0.15, 0.2) is 42.5 Å². The van der Waals surface area contributed by atoms with E-state index < -0.39 is 39.3 Å². The van der Waals surface area contributed by atoms with Gasteiger partial charge >= 0.3 is 0 Å².